The average molecular weight is 395 g/mol. The summed E-state index contributed by atoms with van der Waals surface area (Å²) in [6.45, 7) is 3.77. The van der Waals surface area contributed by atoms with Crippen LogP contribution < -0.4 is 0 Å². The lowest BCUT2D eigenvalue weighted by Crippen LogP contribution is -2.03. The van der Waals surface area contributed by atoms with E-state index in [1.165, 1.54) is 18.2 Å². The Morgan fingerprint density at radius 3 is 2.46 bits per heavy atom. The van der Waals surface area contributed by atoms with Crippen LogP contribution >= 0.6 is 11.6 Å². The van der Waals surface area contributed by atoms with Gasteiger partial charge in [-0.3, -0.25) is 0 Å². The van der Waals surface area contributed by atoms with E-state index >= 15 is 0 Å². The van der Waals surface area contributed by atoms with Gasteiger partial charge in [0.2, 0.25) is 0 Å². The molecule has 3 rings (SSSR count). The minimum Gasteiger partial charge on any atom is -0.478 e. The molecule has 0 atom stereocenters. The predicted octanol–water partition coefficient (Wildman–Crippen LogP) is 5.65. The molecule has 4 nitrogen and oxygen atoms in total. The van der Waals surface area contributed by atoms with Gasteiger partial charge < -0.3 is 9.67 Å². The van der Waals surface area contributed by atoms with Crippen LogP contribution in [0.4, 0.5) is 4.39 Å². The molecule has 2 aromatic carbocycles. The van der Waals surface area contributed by atoms with Crippen molar-refractivity contribution in [2.24, 2.45) is 0 Å². The molecular weight excluding hydrogens is 379 g/mol. The molecule has 0 spiro atoms. The van der Waals surface area contributed by atoms with Gasteiger partial charge in [-0.15, -0.1) is 0 Å². The highest BCUT2D eigenvalue weighted by molar-refractivity contribution is 6.33. The van der Waals surface area contributed by atoms with Gasteiger partial charge in [0.15, 0.2) is 0 Å². The van der Waals surface area contributed by atoms with Crippen molar-refractivity contribution in [3.05, 3.63) is 87.4 Å². The van der Waals surface area contributed by atoms with Crippen molar-refractivity contribution >= 4 is 29.2 Å². The molecule has 0 saturated heterocycles. The summed E-state index contributed by atoms with van der Waals surface area (Å²) < 4.78 is 15.0. The number of carboxylic acids is 1. The minimum atomic E-state index is -1.10. The zero-order valence-electron chi connectivity index (χ0n) is 15.2. The van der Waals surface area contributed by atoms with Crippen molar-refractivity contribution in [1.82, 2.24) is 4.57 Å². The van der Waals surface area contributed by atoms with Crippen molar-refractivity contribution in [1.29, 1.82) is 5.26 Å². The SMILES string of the molecule is Cc1cc(/C=C(/C#N)c2ccc(F)cc2)c(C)n1-c1ccc(Cl)c(C(=O)O)c1. The number of nitrogens with zero attached hydrogens (tertiary/aromatic N) is 2. The number of benzene rings is 2. The fourth-order valence-corrected chi connectivity index (χ4v) is 3.31. The van der Waals surface area contributed by atoms with Crippen LogP contribution in [0.5, 0.6) is 0 Å². The number of nitriles is 1. The summed E-state index contributed by atoms with van der Waals surface area (Å²) in [5, 5.41) is 19.0. The highest BCUT2D eigenvalue weighted by Crippen LogP contribution is 2.27. The van der Waals surface area contributed by atoms with Crippen LogP contribution in [-0.2, 0) is 0 Å². The second-order valence-electron chi connectivity index (χ2n) is 6.31. The first-order valence-electron chi connectivity index (χ1n) is 8.41. The van der Waals surface area contributed by atoms with Crippen molar-refractivity contribution in [2.45, 2.75) is 13.8 Å². The van der Waals surface area contributed by atoms with Gasteiger partial charge in [-0.1, -0.05) is 23.7 Å². The highest BCUT2D eigenvalue weighted by atomic mass is 35.5. The molecule has 6 heteroatoms. The van der Waals surface area contributed by atoms with Crippen LogP contribution in [0.1, 0.15) is 32.9 Å². The molecule has 0 aliphatic rings. The molecule has 1 N–H and O–H groups in total. The third-order valence-electron chi connectivity index (χ3n) is 4.48. The van der Waals surface area contributed by atoms with E-state index in [1.807, 2.05) is 24.5 Å². The van der Waals surface area contributed by atoms with Crippen LogP contribution in [-0.4, -0.2) is 15.6 Å². The van der Waals surface area contributed by atoms with E-state index in [4.69, 9.17) is 11.6 Å². The van der Waals surface area contributed by atoms with Crippen LogP contribution in [0.3, 0.4) is 0 Å². The molecule has 0 aliphatic carbocycles. The molecule has 0 bridgehead atoms. The van der Waals surface area contributed by atoms with Gasteiger partial charge in [0.1, 0.15) is 5.82 Å². The third kappa shape index (κ3) is 3.68. The van der Waals surface area contributed by atoms with Crippen LogP contribution in [0, 0.1) is 31.0 Å². The first-order valence-corrected chi connectivity index (χ1v) is 8.79. The second kappa shape index (κ2) is 7.71. The molecule has 0 fully saturated rings. The number of aromatic carboxylic acids is 1. The first-order chi connectivity index (χ1) is 13.3. The van der Waals surface area contributed by atoms with Crippen LogP contribution in [0.25, 0.3) is 17.3 Å². The molecular formula is C22H16ClFN2O2. The highest BCUT2D eigenvalue weighted by Gasteiger charge is 2.15. The second-order valence-corrected chi connectivity index (χ2v) is 6.72. The molecule has 1 aromatic heterocycles. The topological polar surface area (TPSA) is 66.0 Å². The largest absolute Gasteiger partial charge is 0.478 e. The quantitative estimate of drug-likeness (QED) is 0.581. The van der Waals surface area contributed by atoms with E-state index in [0.29, 0.717) is 16.8 Å². The summed E-state index contributed by atoms with van der Waals surface area (Å²) in [7, 11) is 0. The van der Waals surface area contributed by atoms with Gasteiger partial charge in [0.05, 0.1) is 22.2 Å². The Morgan fingerprint density at radius 2 is 1.86 bits per heavy atom. The Morgan fingerprint density at radius 1 is 1.18 bits per heavy atom. The van der Waals surface area contributed by atoms with Gasteiger partial charge in [-0.05, 0) is 67.4 Å². The molecule has 3 aromatic rings. The summed E-state index contributed by atoms with van der Waals surface area (Å²) in [5.74, 6) is -1.46. The number of halogens is 2. The molecule has 0 amide bonds. The van der Waals surface area contributed by atoms with Crippen LogP contribution in [0.15, 0.2) is 48.5 Å². The average Bonchev–Trinajstić information content (AvgIpc) is 2.94. The number of allylic oxidation sites excluding steroid dienone is 1. The van der Waals surface area contributed by atoms with Gasteiger partial charge >= 0.3 is 5.97 Å². The maximum absolute atomic E-state index is 13.1. The summed E-state index contributed by atoms with van der Waals surface area (Å²) in [5.41, 5.74) is 4.23. The van der Waals surface area contributed by atoms with Crippen molar-refractivity contribution < 1.29 is 14.3 Å². The van der Waals surface area contributed by atoms with Gasteiger partial charge in [-0.25, -0.2) is 9.18 Å². The molecule has 0 radical (unpaired) electrons. The molecule has 0 aliphatic heterocycles. The Hall–Kier alpha value is -3.36. The predicted molar refractivity (Wildman–Crippen MR) is 107 cm³/mol. The first kappa shape index (κ1) is 19.4. The standard InChI is InChI=1S/C22H16ClFN2O2/c1-13-9-16(10-17(12-25)15-3-5-18(24)6-4-15)14(2)26(13)19-7-8-21(23)20(11-19)22(27)28/h3-11H,1-2H3,(H,27,28)/b17-10-. The Balaban J connectivity index is 2.10. The summed E-state index contributed by atoms with van der Waals surface area (Å²) in [4.78, 5) is 11.4. The lowest BCUT2D eigenvalue weighted by molar-refractivity contribution is 0.0697. The Labute approximate surface area is 166 Å². The minimum absolute atomic E-state index is 0.0211. The van der Waals surface area contributed by atoms with E-state index in [-0.39, 0.29) is 16.4 Å². The Kier molecular flexibility index (Phi) is 5.34. The summed E-state index contributed by atoms with van der Waals surface area (Å²) in [6, 6.07) is 14.6. The van der Waals surface area contributed by atoms with Gasteiger partial charge in [0, 0.05) is 17.1 Å². The molecule has 1 heterocycles. The van der Waals surface area contributed by atoms with E-state index in [0.717, 1.165) is 17.0 Å². The van der Waals surface area contributed by atoms with Crippen molar-refractivity contribution in [3.8, 4) is 11.8 Å². The molecule has 0 unspecified atom stereocenters. The summed E-state index contributed by atoms with van der Waals surface area (Å²) >= 11 is 5.97. The normalized spacial score (nSPS) is 11.3. The van der Waals surface area contributed by atoms with Crippen LogP contribution in [0.2, 0.25) is 5.02 Å². The maximum atomic E-state index is 13.1. The zero-order valence-corrected chi connectivity index (χ0v) is 16.0. The van der Waals surface area contributed by atoms with E-state index in [1.54, 1.807) is 30.3 Å². The lowest BCUT2D eigenvalue weighted by atomic mass is 10.0. The fraction of sp³-hybridized carbons (Fsp3) is 0.0909. The number of carboxylic acid groups (broad SMARTS) is 1. The monoisotopic (exact) mass is 394 g/mol. The number of hydrogen-bond donors (Lipinski definition) is 1. The van der Waals surface area contributed by atoms with E-state index in [2.05, 4.69) is 6.07 Å². The van der Waals surface area contributed by atoms with Gasteiger partial charge in [0.25, 0.3) is 0 Å². The number of hydrogen-bond acceptors (Lipinski definition) is 2. The maximum Gasteiger partial charge on any atom is 0.337 e. The van der Waals surface area contributed by atoms with Gasteiger partial charge in [-0.2, -0.15) is 5.26 Å². The Bertz CT molecular complexity index is 1140. The number of rotatable bonds is 4. The lowest BCUT2D eigenvalue weighted by Gasteiger charge is -2.11. The third-order valence-corrected chi connectivity index (χ3v) is 4.81. The number of aromatic nitrogens is 1. The van der Waals surface area contributed by atoms with E-state index < -0.39 is 5.97 Å². The summed E-state index contributed by atoms with van der Waals surface area (Å²) in [6.07, 6.45) is 1.74. The molecule has 140 valence electrons. The molecule has 0 saturated carbocycles. The van der Waals surface area contributed by atoms with E-state index in [9.17, 15) is 19.6 Å². The smallest absolute Gasteiger partial charge is 0.337 e. The zero-order chi connectivity index (χ0) is 20.4. The van der Waals surface area contributed by atoms with Crippen molar-refractivity contribution in [2.75, 3.05) is 0 Å². The number of carbonyl (C=O) groups is 1. The number of aryl methyl sites for hydroxylation is 1. The fourth-order valence-electron chi connectivity index (χ4n) is 3.11. The van der Waals surface area contributed by atoms with Crippen molar-refractivity contribution in [3.63, 3.8) is 0 Å². The molecule has 28 heavy (non-hydrogen) atoms.